The van der Waals surface area contributed by atoms with Crippen LogP contribution in [-0.2, 0) is 17.6 Å². The van der Waals surface area contributed by atoms with E-state index in [0.717, 1.165) is 17.7 Å². The molecule has 1 aromatic carbocycles. The van der Waals surface area contributed by atoms with Crippen LogP contribution in [0.5, 0.6) is 0 Å². The maximum absolute atomic E-state index is 11.4. The molecule has 0 aliphatic heterocycles. The fraction of sp³-hybridized carbons (Fsp3) is 0.286. The van der Waals surface area contributed by atoms with E-state index in [0.29, 0.717) is 16.5 Å². The van der Waals surface area contributed by atoms with Gasteiger partial charge < -0.3 is 5.11 Å². The van der Waals surface area contributed by atoms with Gasteiger partial charge in [0.1, 0.15) is 10.9 Å². The van der Waals surface area contributed by atoms with Gasteiger partial charge in [0.25, 0.3) is 0 Å². The molecule has 3 nitrogen and oxygen atoms in total. The van der Waals surface area contributed by atoms with Crippen molar-refractivity contribution < 1.29 is 9.90 Å². The summed E-state index contributed by atoms with van der Waals surface area (Å²) in [6.07, 6.45) is 1.18. The molecule has 0 saturated heterocycles. The number of thiazole rings is 1. The van der Waals surface area contributed by atoms with E-state index in [4.69, 9.17) is 11.6 Å². The Morgan fingerprint density at radius 1 is 1.47 bits per heavy atom. The molecule has 0 bridgehead atoms. The molecule has 1 atom stereocenters. The minimum atomic E-state index is -0.864. The number of hydrogen-bond donors (Lipinski definition) is 1. The van der Waals surface area contributed by atoms with E-state index >= 15 is 0 Å². The first-order chi connectivity index (χ1) is 9.11. The van der Waals surface area contributed by atoms with E-state index in [1.54, 1.807) is 6.07 Å². The highest BCUT2D eigenvalue weighted by Crippen LogP contribution is 2.27. The van der Waals surface area contributed by atoms with Crippen molar-refractivity contribution in [3.05, 3.63) is 50.9 Å². The Morgan fingerprint density at radius 2 is 2.21 bits per heavy atom. The van der Waals surface area contributed by atoms with E-state index < -0.39 is 11.9 Å². The standard InChI is InChI=1S/C14H14ClNO2S/c1-2-10-8-19-13(16-10)11(14(17)18)7-9-5-3-4-6-12(9)15/h3-6,8,11H,2,7H2,1H3,(H,17,18). The lowest BCUT2D eigenvalue weighted by Gasteiger charge is -2.10. The lowest BCUT2D eigenvalue weighted by molar-refractivity contribution is -0.138. The van der Waals surface area contributed by atoms with Crippen LogP contribution in [0.15, 0.2) is 29.6 Å². The lowest BCUT2D eigenvalue weighted by atomic mass is 10.00. The van der Waals surface area contributed by atoms with Gasteiger partial charge in [-0.2, -0.15) is 0 Å². The molecule has 1 heterocycles. The first-order valence-corrected chi connectivity index (χ1v) is 7.28. The summed E-state index contributed by atoms with van der Waals surface area (Å²) in [5.41, 5.74) is 1.77. The normalized spacial score (nSPS) is 12.3. The summed E-state index contributed by atoms with van der Waals surface area (Å²) in [5, 5.41) is 12.5. The van der Waals surface area contributed by atoms with Crippen LogP contribution < -0.4 is 0 Å². The summed E-state index contributed by atoms with van der Waals surface area (Å²) in [6.45, 7) is 2.00. The zero-order valence-corrected chi connectivity index (χ0v) is 12.0. The van der Waals surface area contributed by atoms with E-state index in [1.165, 1.54) is 11.3 Å². The van der Waals surface area contributed by atoms with Gasteiger partial charge in [0.05, 0.1) is 5.69 Å². The van der Waals surface area contributed by atoms with Crippen LogP contribution in [0.2, 0.25) is 5.02 Å². The predicted octanol–water partition coefficient (Wildman–Crippen LogP) is 3.77. The quantitative estimate of drug-likeness (QED) is 0.913. The molecule has 1 aromatic heterocycles. The number of carbonyl (C=O) groups is 1. The third kappa shape index (κ3) is 3.33. The summed E-state index contributed by atoms with van der Waals surface area (Å²) in [4.78, 5) is 15.8. The highest BCUT2D eigenvalue weighted by molar-refractivity contribution is 7.09. The maximum atomic E-state index is 11.4. The molecule has 2 rings (SSSR count). The summed E-state index contributed by atoms with van der Waals surface area (Å²) in [6, 6.07) is 7.32. The number of halogens is 1. The minimum absolute atomic E-state index is 0.367. The maximum Gasteiger partial charge on any atom is 0.313 e. The van der Waals surface area contributed by atoms with Crippen LogP contribution in [-0.4, -0.2) is 16.1 Å². The van der Waals surface area contributed by atoms with Crippen LogP contribution in [0.1, 0.15) is 29.1 Å². The van der Waals surface area contributed by atoms with E-state index in [9.17, 15) is 9.90 Å². The minimum Gasteiger partial charge on any atom is -0.481 e. The zero-order valence-electron chi connectivity index (χ0n) is 10.5. The van der Waals surface area contributed by atoms with Crippen LogP contribution in [0.3, 0.4) is 0 Å². The number of aryl methyl sites for hydroxylation is 1. The number of aromatic nitrogens is 1. The van der Waals surface area contributed by atoms with Crippen molar-refractivity contribution in [3.63, 3.8) is 0 Å². The van der Waals surface area contributed by atoms with Gasteiger partial charge in [0.2, 0.25) is 0 Å². The molecule has 5 heteroatoms. The number of carboxylic acids is 1. The Morgan fingerprint density at radius 3 is 2.79 bits per heavy atom. The number of rotatable bonds is 5. The first-order valence-electron chi connectivity index (χ1n) is 6.02. The molecule has 100 valence electrons. The van der Waals surface area contributed by atoms with Crippen molar-refractivity contribution in [2.75, 3.05) is 0 Å². The largest absolute Gasteiger partial charge is 0.481 e. The Balaban J connectivity index is 2.26. The highest BCUT2D eigenvalue weighted by atomic mass is 35.5. The monoisotopic (exact) mass is 295 g/mol. The predicted molar refractivity (Wildman–Crippen MR) is 77.0 cm³/mol. The summed E-state index contributed by atoms with van der Waals surface area (Å²) >= 11 is 7.48. The Hall–Kier alpha value is -1.39. The number of aliphatic carboxylic acids is 1. The molecule has 0 radical (unpaired) electrons. The molecule has 0 amide bonds. The second-order valence-corrected chi connectivity index (χ2v) is 5.51. The SMILES string of the molecule is CCc1csc(C(Cc2ccccc2Cl)C(=O)O)n1. The summed E-state index contributed by atoms with van der Waals surface area (Å²) in [5.74, 6) is -1.50. The van der Waals surface area contributed by atoms with E-state index in [-0.39, 0.29) is 0 Å². The van der Waals surface area contributed by atoms with Gasteiger partial charge in [0.15, 0.2) is 0 Å². The summed E-state index contributed by atoms with van der Waals surface area (Å²) < 4.78 is 0. The smallest absolute Gasteiger partial charge is 0.313 e. The number of nitrogens with zero attached hydrogens (tertiary/aromatic N) is 1. The van der Waals surface area contributed by atoms with Crippen molar-refractivity contribution in [3.8, 4) is 0 Å². The molecule has 19 heavy (non-hydrogen) atoms. The van der Waals surface area contributed by atoms with Crippen molar-refractivity contribution in [1.82, 2.24) is 4.98 Å². The molecule has 0 aliphatic rings. The molecule has 1 unspecified atom stereocenters. The second-order valence-electron chi connectivity index (χ2n) is 4.22. The zero-order chi connectivity index (χ0) is 13.8. The Bertz CT molecular complexity index is 582. The molecule has 0 spiro atoms. The second kappa shape index (κ2) is 6.17. The van der Waals surface area contributed by atoms with Gasteiger partial charge in [-0.1, -0.05) is 36.7 Å². The highest BCUT2D eigenvalue weighted by Gasteiger charge is 2.24. The molecular weight excluding hydrogens is 282 g/mol. The first kappa shape index (κ1) is 14.0. The van der Waals surface area contributed by atoms with Crippen molar-refractivity contribution in [2.24, 2.45) is 0 Å². The number of carboxylic acid groups (broad SMARTS) is 1. The van der Waals surface area contributed by atoms with Crippen LogP contribution in [0.4, 0.5) is 0 Å². The van der Waals surface area contributed by atoms with Crippen LogP contribution in [0, 0.1) is 0 Å². The molecular formula is C14H14ClNO2S. The van der Waals surface area contributed by atoms with Gasteiger partial charge in [-0.3, -0.25) is 4.79 Å². The Labute approximate surface area is 120 Å². The fourth-order valence-corrected chi connectivity index (χ4v) is 3.02. The molecule has 2 aromatic rings. The van der Waals surface area contributed by atoms with Crippen LogP contribution in [0.25, 0.3) is 0 Å². The lowest BCUT2D eigenvalue weighted by Crippen LogP contribution is -2.14. The van der Waals surface area contributed by atoms with Gasteiger partial charge in [0, 0.05) is 10.4 Å². The van der Waals surface area contributed by atoms with Gasteiger partial charge in [-0.25, -0.2) is 4.98 Å². The molecule has 1 N–H and O–H groups in total. The van der Waals surface area contributed by atoms with Crippen LogP contribution >= 0.6 is 22.9 Å². The van der Waals surface area contributed by atoms with Gasteiger partial charge >= 0.3 is 5.97 Å². The van der Waals surface area contributed by atoms with Gasteiger partial charge in [-0.15, -0.1) is 11.3 Å². The molecule has 0 saturated carbocycles. The van der Waals surface area contributed by atoms with E-state index in [2.05, 4.69) is 4.98 Å². The van der Waals surface area contributed by atoms with Crippen molar-refractivity contribution in [1.29, 1.82) is 0 Å². The number of benzene rings is 1. The fourth-order valence-electron chi connectivity index (χ4n) is 1.81. The third-order valence-corrected chi connectivity index (χ3v) is 4.29. The third-order valence-electron chi connectivity index (χ3n) is 2.91. The van der Waals surface area contributed by atoms with E-state index in [1.807, 2.05) is 30.5 Å². The summed E-state index contributed by atoms with van der Waals surface area (Å²) in [7, 11) is 0. The molecule has 0 aliphatic carbocycles. The van der Waals surface area contributed by atoms with Crippen molar-refractivity contribution >= 4 is 28.9 Å². The average Bonchev–Trinajstić information content (AvgIpc) is 2.86. The van der Waals surface area contributed by atoms with Gasteiger partial charge in [-0.05, 0) is 24.5 Å². The number of hydrogen-bond acceptors (Lipinski definition) is 3. The topological polar surface area (TPSA) is 50.2 Å². The Kier molecular flexibility index (Phi) is 4.56. The molecule has 0 fully saturated rings. The average molecular weight is 296 g/mol. The van der Waals surface area contributed by atoms with Crippen molar-refractivity contribution in [2.45, 2.75) is 25.7 Å².